The SMILES string of the molecule is O=C(CCSc1nc2ccccc2c(=O)[nH]1)NC(Cc1c[nH]c2ccccc12)C(=O)O. The Morgan fingerprint density at radius 2 is 1.84 bits per heavy atom. The molecule has 1 amide bonds. The number of thioether (sulfide) groups is 1. The van der Waals surface area contributed by atoms with Crippen LogP contribution >= 0.6 is 11.8 Å². The molecule has 0 aliphatic rings. The minimum atomic E-state index is -1.09. The monoisotopic (exact) mass is 436 g/mol. The maximum atomic E-state index is 12.3. The summed E-state index contributed by atoms with van der Waals surface area (Å²) in [6, 6.07) is 13.6. The summed E-state index contributed by atoms with van der Waals surface area (Å²) in [4.78, 5) is 46.3. The number of benzene rings is 2. The van der Waals surface area contributed by atoms with Crippen LogP contribution in [0.5, 0.6) is 0 Å². The first-order chi connectivity index (χ1) is 15.0. The molecule has 4 aromatic rings. The van der Waals surface area contributed by atoms with E-state index < -0.39 is 12.0 Å². The van der Waals surface area contributed by atoms with E-state index in [2.05, 4.69) is 20.3 Å². The number of hydrogen-bond donors (Lipinski definition) is 4. The van der Waals surface area contributed by atoms with Crippen LogP contribution in [0.2, 0.25) is 0 Å². The zero-order chi connectivity index (χ0) is 21.8. The molecule has 0 saturated heterocycles. The third-order valence-electron chi connectivity index (χ3n) is 4.89. The first-order valence-electron chi connectivity index (χ1n) is 9.70. The summed E-state index contributed by atoms with van der Waals surface area (Å²) in [7, 11) is 0. The van der Waals surface area contributed by atoms with Gasteiger partial charge in [-0.15, -0.1) is 0 Å². The Balaban J connectivity index is 1.35. The average molecular weight is 436 g/mol. The van der Waals surface area contributed by atoms with Gasteiger partial charge in [-0.1, -0.05) is 42.1 Å². The van der Waals surface area contributed by atoms with Crippen LogP contribution in [0, 0.1) is 0 Å². The molecule has 9 heteroatoms. The van der Waals surface area contributed by atoms with Crippen molar-refractivity contribution < 1.29 is 14.7 Å². The molecule has 0 spiro atoms. The molecule has 2 heterocycles. The van der Waals surface area contributed by atoms with Crippen molar-refractivity contribution in [1.82, 2.24) is 20.3 Å². The zero-order valence-corrected chi connectivity index (χ0v) is 17.2. The lowest BCUT2D eigenvalue weighted by Gasteiger charge is -2.14. The highest BCUT2D eigenvalue weighted by Gasteiger charge is 2.21. The van der Waals surface area contributed by atoms with Crippen molar-refractivity contribution in [3.63, 3.8) is 0 Å². The van der Waals surface area contributed by atoms with Crippen LogP contribution in [0.15, 0.2) is 64.7 Å². The smallest absolute Gasteiger partial charge is 0.326 e. The number of aliphatic carboxylic acids is 1. The first-order valence-corrected chi connectivity index (χ1v) is 10.7. The number of nitrogens with zero attached hydrogens (tertiary/aromatic N) is 1. The van der Waals surface area contributed by atoms with E-state index in [0.717, 1.165) is 16.5 Å². The molecule has 0 bridgehead atoms. The second kappa shape index (κ2) is 9.05. The second-order valence-corrected chi connectivity index (χ2v) is 8.09. The number of para-hydroxylation sites is 2. The van der Waals surface area contributed by atoms with Crippen molar-refractivity contribution in [3.8, 4) is 0 Å². The fraction of sp³-hybridized carbons (Fsp3) is 0.182. The van der Waals surface area contributed by atoms with Gasteiger partial charge in [0.25, 0.3) is 5.56 Å². The standard InChI is InChI=1S/C22H20N4O4S/c27-19(9-10-31-22-25-17-8-4-2-6-15(17)20(28)26-22)24-18(21(29)30)11-13-12-23-16-7-3-1-5-14(13)16/h1-8,12,18,23H,9-11H2,(H,24,27)(H,29,30)(H,25,26,28). The topological polar surface area (TPSA) is 128 Å². The molecule has 2 aromatic carbocycles. The molecule has 31 heavy (non-hydrogen) atoms. The summed E-state index contributed by atoms with van der Waals surface area (Å²) in [6.07, 6.45) is 2.04. The lowest BCUT2D eigenvalue weighted by molar-refractivity contribution is -0.141. The number of H-pyrrole nitrogens is 2. The van der Waals surface area contributed by atoms with E-state index in [-0.39, 0.29) is 24.3 Å². The minimum Gasteiger partial charge on any atom is -0.480 e. The highest BCUT2D eigenvalue weighted by atomic mass is 32.2. The van der Waals surface area contributed by atoms with Crippen LogP contribution in [0.25, 0.3) is 21.8 Å². The van der Waals surface area contributed by atoms with Crippen LogP contribution < -0.4 is 10.9 Å². The van der Waals surface area contributed by atoms with Gasteiger partial charge in [-0.3, -0.25) is 9.59 Å². The van der Waals surface area contributed by atoms with E-state index in [0.29, 0.717) is 21.8 Å². The largest absolute Gasteiger partial charge is 0.480 e. The Morgan fingerprint density at radius 3 is 2.65 bits per heavy atom. The Kier molecular flexibility index (Phi) is 6.03. The van der Waals surface area contributed by atoms with Gasteiger partial charge in [0, 0.05) is 35.7 Å². The maximum Gasteiger partial charge on any atom is 0.326 e. The van der Waals surface area contributed by atoms with Crippen LogP contribution in [0.1, 0.15) is 12.0 Å². The summed E-state index contributed by atoms with van der Waals surface area (Å²) < 4.78 is 0. The number of carbonyl (C=O) groups excluding carboxylic acids is 1. The number of fused-ring (bicyclic) bond motifs is 2. The molecule has 158 valence electrons. The molecule has 0 saturated carbocycles. The third kappa shape index (κ3) is 4.77. The fourth-order valence-electron chi connectivity index (χ4n) is 3.36. The molecule has 8 nitrogen and oxygen atoms in total. The van der Waals surface area contributed by atoms with Crippen molar-refractivity contribution in [2.45, 2.75) is 24.0 Å². The van der Waals surface area contributed by atoms with Crippen molar-refractivity contribution in [2.75, 3.05) is 5.75 Å². The van der Waals surface area contributed by atoms with Crippen LogP contribution in [-0.2, 0) is 16.0 Å². The van der Waals surface area contributed by atoms with Gasteiger partial charge in [-0.2, -0.15) is 0 Å². The normalized spacial score (nSPS) is 12.1. The minimum absolute atomic E-state index is 0.0961. The Morgan fingerprint density at radius 1 is 1.10 bits per heavy atom. The van der Waals surface area contributed by atoms with Gasteiger partial charge in [0.05, 0.1) is 10.9 Å². The molecule has 0 aliphatic heterocycles. The van der Waals surface area contributed by atoms with Gasteiger partial charge in [0.15, 0.2) is 5.16 Å². The first kappa shape index (κ1) is 20.7. The molecule has 0 radical (unpaired) electrons. The molecule has 2 aromatic heterocycles. The van der Waals surface area contributed by atoms with Crippen molar-refractivity contribution in [1.29, 1.82) is 0 Å². The number of aromatic amines is 2. The lowest BCUT2D eigenvalue weighted by Crippen LogP contribution is -2.42. The molecule has 0 aliphatic carbocycles. The van der Waals surface area contributed by atoms with Crippen molar-refractivity contribution >= 4 is 45.4 Å². The molecule has 1 atom stereocenters. The highest BCUT2D eigenvalue weighted by molar-refractivity contribution is 7.99. The van der Waals surface area contributed by atoms with Gasteiger partial charge in [0.2, 0.25) is 5.91 Å². The Labute approximate surface area is 181 Å². The Hall–Kier alpha value is -3.59. The van der Waals surface area contributed by atoms with Crippen LogP contribution in [-0.4, -0.2) is 43.7 Å². The average Bonchev–Trinajstić information content (AvgIpc) is 3.16. The fourth-order valence-corrected chi connectivity index (χ4v) is 4.17. The van der Waals surface area contributed by atoms with Gasteiger partial charge in [0.1, 0.15) is 6.04 Å². The summed E-state index contributed by atoms with van der Waals surface area (Å²) in [5.74, 6) is -1.11. The summed E-state index contributed by atoms with van der Waals surface area (Å²) >= 11 is 1.24. The van der Waals surface area contributed by atoms with Crippen LogP contribution in [0.3, 0.4) is 0 Å². The van der Waals surface area contributed by atoms with E-state index in [1.54, 1.807) is 30.5 Å². The van der Waals surface area contributed by atoms with Gasteiger partial charge < -0.3 is 20.4 Å². The molecule has 0 fully saturated rings. The molecular formula is C22H20N4O4S. The van der Waals surface area contributed by atoms with Gasteiger partial charge in [-0.25, -0.2) is 9.78 Å². The van der Waals surface area contributed by atoms with Crippen molar-refractivity contribution in [3.05, 3.63) is 70.6 Å². The van der Waals surface area contributed by atoms with E-state index >= 15 is 0 Å². The number of carboxylic acids is 1. The van der Waals surface area contributed by atoms with E-state index in [4.69, 9.17) is 0 Å². The number of hydrogen-bond acceptors (Lipinski definition) is 5. The number of amides is 1. The van der Waals surface area contributed by atoms with Crippen molar-refractivity contribution in [2.24, 2.45) is 0 Å². The second-order valence-electron chi connectivity index (χ2n) is 7.01. The summed E-state index contributed by atoms with van der Waals surface area (Å²) in [5, 5.41) is 14.0. The zero-order valence-electron chi connectivity index (χ0n) is 16.4. The lowest BCUT2D eigenvalue weighted by atomic mass is 10.0. The number of carbonyl (C=O) groups is 2. The summed E-state index contributed by atoms with van der Waals surface area (Å²) in [6.45, 7) is 0. The Bertz CT molecular complexity index is 1310. The maximum absolute atomic E-state index is 12.3. The number of aromatic nitrogens is 3. The molecular weight excluding hydrogens is 416 g/mol. The summed E-state index contributed by atoms with van der Waals surface area (Å²) in [5.41, 5.74) is 2.10. The van der Waals surface area contributed by atoms with Gasteiger partial charge in [-0.05, 0) is 23.8 Å². The van der Waals surface area contributed by atoms with Gasteiger partial charge >= 0.3 is 5.97 Å². The quantitative estimate of drug-likeness (QED) is 0.248. The van der Waals surface area contributed by atoms with E-state index in [1.807, 2.05) is 24.3 Å². The highest BCUT2D eigenvalue weighted by Crippen LogP contribution is 2.19. The predicted octanol–water partition coefficient (Wildman–Crippen LogP) is 2.70. The van der Waals surface area contributed by atoms with E-state index in [1.165, 1.54) is 11.8 Å². The number of nitrogens with one attached hydrogen (secondary N) is 3. The van der Waals surface area contributed by atoms with Crippen LogP contribution in [0.4, 0.5) is 0 Å². The number of carboxylic acid groups (broad SMARTS) is 1. The molecule has 1 unspecified atom stereocenters. The predicted molar refractivity (Wildman–Crippen MR) is 119 cm³/mol. The van der Waals surface area contributed by atoms with E-state index in [9.17, 15) is 19.5 Å². The molecule has 4 rings (SSSR count). The number of rotatable bonds is 8. The molecule has 4 N–H and O–H groups in total. The third-order valence-corrected chi connectivity index (χ3v) is 5.77.